The lowest BCUT2D eigenvalue weighted by Crippen LogP contribution is -2.38. The molecule has 1 fully saturated rings. The zero-order chi connectivity index (χ0) is 12.1. The van der Waals surface area contributed by atoms with Crippen molar-refractivity contribution in [1.29, 1.82) is 0 Å². The molecule has 1 saturated heterocycles. The van der Waals surface area contributed by atoms with Gasteiger partial charge in [-0.25, -0.2) is 0 Å². The van der Waals surface area contributed by atoms with Gasteiger partial charge < -0.3 is 10.1 Å². The molecule has 0 radical (unpaired) electrons. The van der Waals surface area contributed by atoms with Gasteiger partial charge in [0.05, 0.1) is 6.10 Å². The molecular weight excluding hydrogens is 212 g/mol. The number of hydrogen-bond donors (Lipinski definition) is 1. The van der Waals surface area contributed by atoms with Crippen LogP contribution < -0.4 is 5.32 Å². The van der Waals surface area contributed by atoms with E-state index in [4.69, 9.17) is 4.74 Å². The first-order valence-corrected chi connectivity index (χ1v) is 6.54. The molecule has 2 rings (SSSR count). The van der Waals surface area contributed by atoms with E-state index in [2.05, 4.69) is 29.4 Å². The van der Waals surface area contributed by atoms with Gasteiger partial charge in [0.15, 0.2) is 0 Å². The normalized spacial score (nSPS) is 24.8. The summed E-state index contributed by atoms with van der Waals surface area (Å²) < 4.78 is 5.67. The zero-order valence-corrected chi connectivity index (χ0v) is 10.8. The predicted molar refractivity (Wildman–Crippen MR) is 68.9 cm³/mol. The Bertz CT molecular complexity index is 337. The molecule has 1 aromatic rings. The molecule has 1 aliphatic heterocycles. The number of aromatic nitrogens is 1. The van der Waals surface area contributed by atoms with Crippen molar-refractivity contribution in [3.63, 3.8) is 0 Å². The summed E-state index contributed by atoms with van der Waals surface area (Å²) in [4.78, 5) is 4.31. The third-order valence-corrected chi connectivity index (χ3v) is 3.39. The Morgan fingerprint density at radius 2 is 2.35 bits per heavy atom. The maximum atomic E-state index is 5.67. The Morgan fingerprint density at radius 1 is 1.47 bits per heavy atom. The third-order valence-electron chi connectivity index (χ3n) is 3.39. The van der Waals surface area contributed by atoms with Crippen molar-refractivity contribution >= 4 is 0 Å². The molecule has 1 aromatic heterocycles. The first-order chi connectivity index (χ1) is 8.28. The highest BCUT2D eigenvalue weighted by molar-refractivity contribution is 5.12. The highest BCUT2D eigenvalue weighted by atomic mass is 16.5. The minimum Gasteiger partial charge on any atom is -0.378 e. The van der Waals surface area contributed by atoms with Gasteiger partial charge in [-0.15, -0.1) is 0 Å². The van der Waals surface area contributed by atoms with Gasteiger partial charge in [0.2, 0.25) is 0 Å². The monoisotopic (exact) mass is 234 g/mol. The van der Waals surface area contributed by atoms with Crippen LogP contribution in [-0.4, -0.2) is 23.7 Å². The fourth-order valence-corrected chi connectivity index (χ4v) is 2.22. The Labute approximate surface area is 104 Å². The van der Waals surface area contributed by atoms with Crippen LogP contribution >= 0.6 is 0 Å². The average Bonchev–Trinajstić information content (AvgIpc) is 2.38. The molecular formula is C14H22N2O. The van der Waals surface area contributed by atoms with Crippen molar-refractivity contribution in [2.75, 3.05) is 6.61 Å². The van der Waals surface area contributed by atoms with Crippen LogP contribution in [-0.2, 0) is 11.3 Å². The molecule has 0 amide bonds. The maximum Gasteiger partial charge on any atom is 0.0587 e. The fourth-order valence-electron chi connectivity index (χ4n) is 2.22. The van der Waals surface area contributed by atoms with Crippen LogP contribution in [0.1, 0.15) is 37.4 Å². The van der Waals surface area contributed by atoms with Crippen molar-refractivity contribution in [2.45, 2.75) is 51.8 Å². The predicted octanol–water partition coefficient (Wildman–Crippen LogP) is 2.44. The van der Waals surface area contributed by atoms with Crippen LogP contribution in [0.4, 0.5) is 0 Å². The quantitative estimate of drug-likeness (QED) is 0.869. The molecule has 2 heterocycles. The summed E-state index contributed by atoms with van der Waals surface area (Å²) in [5.41, 5.74) is 2.33. The number of nitrogens with zero attached hydrogens (tertiary/aromatic N) is 1. The van der Waals surface area contributed by atoms with E-state index in [-0.39, 0.29) is 0 Å². The summed E-state index contributed by atoms with van der Waals surface area (Å²) in [6, 6.07) is 4.80. The molecule has 0 aliphatic carbocycles. The van der Waals surface area contributed by atoms with E-state index in [0.717, 1.165) is 38.1 Å². The van der Waals surface area contributed by atoms with Gasteiger partial charge in [0, 0.05) is 31.1 Å². The molecule has 17 heavy (non-hydrogen) atoms. The number of hydrogen-bond acceptors (Lipinski definition) is 3. The zero-order valence-electron chi connectivity index (χ0n) is 10.8. The van der Waals surface area contributed by atoms with Crippen molar-refractivity contribution in [2.24, 2.45) is 0 Å². The molecule has 1 N–H and O–H groups in total. The summed E-state index contributed by atoms with van der Waals surface area (Å²) in [5, 5.41) is 3.60. The highest BCUT2D eigenvalue weighted by Crippen LogP contribution is 2.16. The van der Waals surface area contributed by atoms with Crippen LogP contribution in [0.3, 0.4) is 0 Å². The molecule has 2 atom stereocenters. The van der Waals surface area contributed by atoms with E-state index in [1.54, 1.807) is 0 Å². The second-order valence-electron chi connectivity index (χ2n) is 4.81. The van der Waals surface area contributed by atoms with Crippen molar-refractivity contribution in [3.05, 3.63) is 29.6 Å². The van der Waals surface area contributed by atoms with E-state index in [0.29, 0.717) is 12.1 Å². The molecule has 3 heteroatoms. The number of ether oxygens (including phenoxy) is 1. The van der Waals surface area contributed by atoms with Crippen molar-refractivity contribution in [3.8, 4) is 0 Å². The summed E-state index contributed by atoms with van der Waals surface area (Å²) in [6.45, 7) is 6.01. The number of pyridine rings is 1. The van der Waals surface area contributed by atoms with Gasteiger partial charge in [0.25, 0.3) is 0 Å². The Kier molecular flexibility index (Phi) is 4.51. The summed E-state index contributed by atoms with van der Waals surface area (Å²) in [6.07, 6.45) is 5.77. The molecule has 0 aromatic carbocycles. The van der Waals surface area contributed by atoms with Gasteiger partial charge in [0.1, 0.15) is 0 Å². The van der Waals surface area contributed by atoms with Crippen LogP contribution in [0.15, 0.2) is 18.3 Å². The van der Waals surface area contributed by atoms with Crippen LogP contribution in [0, 0.1) is 6.92 Å². The first-order valence-electron chi connectivity index (χ1n) is 6.54. The number of aryl methyl sites for hydroxylation is 1. The lowest BCUT2D eigenvalue weighted by atomic mass is 10.0. The molecule has 2 unspecified atom stereocenters. The van der Waals surface area contributed by atoms with Gasteiger partial charge in [-0.1, -0.05) is 13.0 Å². The summed E-state index contributed by atoms with van der Waals surface area (Å²) >= 11 is 0. The van der Waals surface area contributed by atoms with E-state index in [1.807, 2.05) is 13.1 Å². The standard InChI is InChI=1S/C14H22N2O/c1-3-14-8-13(6-7-17-14)16-10-12-5-4-11(2)15-9-12/h4-5,9,13-14,16H,3,6-8,10H2,1-2H3. The van der Waals surface area contributed by atoms with Crippen molar-refractivity contribution < 1.29 is 4.74 Å². The summed E-state index contributed by atoms with van der Waals surface area (Å²) in [5.74, 6) is 0. The van der Waals surface area contributed by atoms with Crippen LogP contribution in [0.5, 0.6) is 0 Å². The second kappa shape index (κ2) is 6.12. The lowest BCUT2D eigenvalue weighted by molar-refractivity contribution is -0.000321. The average molecular weight is 234 g/mol. The van der Waals surface area contributed by atoms with Gasteiger partial charge in [-0.05, 0) is 37.8 Å². The van der Waals surface area contributed by atoms with Gasteiger partial charge in [-0.2, -0.15) is 0 Å². The molecule has 3 nitrogen and oxygen atoms in total. The first kappa shape index (κ1) is 12.5. The van der Waals surface area contributed by atoms with Crippen LogP contribution in [0.2, 0.25) is 0 Å². The summed E-state index contributed by atoms with van der Waals surface area (Å²) in [7, 11) is 0. The molecule has 0 bridgehead atoms. The number of rotatable bonds is 4. The molecule has 0 saturated carbocycles. The van der Waals surface area contributed by atoms with Gasteiger partial charge in [-0.3, -0.25) is 4.98 Å². The van der Waals surface area contributed by atoms with E-state index in [9.17, 15) is 0 Å². The number of nitrogens with one attached hydrogen (secondary N) is 1. The van der Waals surface area contributed by atoms with Gasteiger partial charge >= 0.3 is 0 Å². The van der Waals surface area contributed by atoms with E-state index in [1.165, 1.54) is 5.56 Å². The Morgan fingerprint density at radius 3 is 3.06 bits per heavy atom. The Balaban J connectivity index is 1.79. The van der Waals surface area contributed by atoms with Crippen molar-refractivity contribution in [1.82, 2.24) is 10.3 Å². The smallest absolute Gasteiger partial charge is 0.0587 e. The molecule has 94 valence electrons. The fraction of sp³-hybridized carbons (Fsp3) is 0.643. The largest absolute Gasteiger partial charge is 0.378 e. The minimum atomic E-state index is 0.442. The highest BCUT2D eigenvalue weighted by Gasteiger charge is 2.20. The van der Waals surface area contributed by atoms with E-state index >= 15 is 0 Å². The third kappa shape index (κ3) is 3.79. The Hall–Kier alpha value is -0.930. The van der Waals surface area contributed by atoms with Crippen LogP contribution in [0.25, 0.3) is 0 Å². The molecule has 0 spiro atoms. The topological polar surface area (TPSA) is 34.2 Å². The maximum absolute atomic E-state index is 5.67. The molecule has 1 aliphatic rings. The minimum absolute atomic E-state index is 0.442. The van der Waals surface area contributed by atoms with E-state index < -0.39 is 0 Å². The SMILES string of the molecule is CCC1CC(NCc2ccc(C)nc2)CCO1. The lowest BCUT2D eigenvalue weighted by Gasteiger charge is -2.29. The second-order valence-corrected chi connectivity index (χ2v) is 4.81.